The molecule has 0 unspecified atom stereocenters. The number of anilines is 1. The highest BCUT2D eigenvalue weighted by molar-refractivity contribution is 7.21. The van der Waals surface area contributed by atoms with Gasteiger partial charge in [0.1, 0.15) is 5.75 Å². The number of nitrogens with one attached hydrogen (secondary N) is 1. The smallest absolute Gasteiger partial charge is 0.221 e. The van der Waals surface area contributed by atoms with Gasteiger partial charge in [0.2, 0.25) is 5.91 Å². The van der Waals surface area contributed by atoms with Crippen molar-refractivity contribution in [3.05, 3.63) is 58.8 Å². The Balaban J connectivity index is 2.07. The summed E-state index contributed by atoms with van der Waals surface area (Å²) in [5.74, 6) is 0.622. The number of rotatable bonds is 3. The molecule has 0 saturated heterocycles. The summed E-state index contributed by atoms with van der Waals surface area (Å²) >= 11 is 1.54. The first-order chi connectivity index (χ1) is 11.1. The zero-order valence-electron chi connectivity index (χ0n) is 12.8. The summed E-state index contributed by atoms with van der Waals surface area (Å²) in [6.45, 7) is 1.44. The predicted octanol–water partition coefficient (Wildman–Crippen LogP) is 3.90. The van der Waals surface area contributed by atoms with E-state index < -0.39 is 0 Å². The minimum Gasteiger partial charge on any atom is -0.497 e. The first kappa shape index (κ1) is 15.2. The third-order valence-electron chi connectivity index (χ3n) is 3.42. The Morgan fingerprint density at radius 1 is 1.09 bits per heavy atom. The highest BCUT2D eigenvalue weighted by Gasteiger charge is 2.07. The monoisotopic (exact) mass is 325 g/mol. The highest BCUT2D eigenvalue weighted by Crippen LogP contribution is 2.30. The first-order valence-corrected chi connectivity index (χ1v) is 7.88. The number of methoxy groups -OCH3 is 1. The first-order valence-electron chi connectivity index (χ1n) is 7.07. The Bertz CT molecular complexity index is 929. The van der Waals surface area contributed by atoms with Crippen molar-refractivity contribution in [3.63, 3.8) is 0 Å². The summed E-state index contributed by atoms with van der Waals surface area (Å²) in [5.41, 5.74) is 1.55. The Morgan fingerprint density at radius 2 is 1.83 bits per heavy atom. The summed E-state index contributed by atoms with van der Waals surface area (Å²) in [6.07, 6.45) is 0. The van der Waals surface area contributed by atoms with Crippen LogP contribution in [0.4, 0.5) is 5.69 Å². The van der Waals surface area contributed by atoms with Gasteiger partial charge >= 0.3 is 0 Å². The molecule has 0 spiro atoms. The van der Waals surface area contributed by atoms with Gasteiger partial charge in [0.25, 0.3) is 0 Å². The number of benzene rings is 2. The molecule has 0 radical (unpaired) electrons. The van der Waals surface area contributed by atoms with Crippen LogP contribution in [-0.4, -0.2) is 13.0 Å². The molecule has 1 aromatic heterocycles. The number of carbonyl (C=O) groups is 1. The number of fused-ring (bicyclic) bond motifs is 1. The standard InChI is InChI=1S/C18H15NO3S/c1-11(20)19-13-5-8-17-15(9-13)16(21)10-18(23-17)12-3-6-14(22-2)7-4-12/h3-10H,1-2H3,(H,19,20). The molecule has 1 N–H and O–H groups in total. The number of hydrogen-bond acceptors (Lipinski definition) is 4. The van der Waals surface area contributed by atoms with E-state index in [0.29, 0.717) is 11.1 Å². The summed E-state index contributed by atoms with van der Waals surface area (Å²) in [7, 11) is 1.62. The van der Waals surface area contributed by atoms with Crippen LogP contribution < -0.4 is 15.5 Å². The second-order valence-corrected chi connectivity index (χ2v) is 6.18. The lowest BCUT2D eigenvalue weighted by Crippen LogP contribution is -2.06. The van der Waals surface area contributed by atoms with Crippen molar-refractivity contribution in [2.75, 3.05) is 12.4 Å². The molecule has 4 nitrogen and oxygen atoms in total. The molecule has 5 heteroatoms. The van der Waals surface area contributed by atoms with Crippen molar-refractivity contribution in [1.29, 1.82) is 0 Å². The van der Waals surface area contributed by atoms with Crippen molar-refractivity contribution in [2.24, 2.45) is 0 Å². The number of ether oxygens (including phenoxy) is 1. The maximum Gasteiger partial charge on any atom is 0.221 e. The lowest BCUT2D eigenvalue weighted by atomic mass is 10.1. The molecule has 0 bridgehead atoms. The molecular formula is C18H15NO3S. The molecule has 23 heavy (non-hydrogen) atoms. The molecule has 2 aromatic carbocycles. The zero-order valence-corrected chi connectivity index (χ0v) is 13.6. The molecule has 1 amide bonds. The second-order valence-electron chi connectivity index (χ2n) is 5.10. The van der Waals surface area contributed by atoms with Gasteiger partial charge in [-0.2, -0.15) is 0 Å². The molecule has 0 fully saturated rings. The maximum absolute atomic E-state index is 12.4. The molecule has 0 aliphatic rings. The van der Waals surface area contributed by atoms with E-state index in [2.05, 4.69) is 5.32 Å². The highest BCUT2D eigenvalue weighted by atomic mass is 32.1. The summed E-state index contributed by atoms with van der Waals surface area (Å²) in [4.78, 5) is 24.4. The molecule has 3 rings (SSSR count). The average Bonchev–Trinajstić information content (AvgIpc) is 2.55. The molecule has 1 heterocycles. The lowest BCUT2D eigenvalue weighted by Gasteiger charge is -2.06. The van der Waals surface area contributed by atoms with E-state index in [9.17, 15) is 9.59 Å². The second kappa shape index (κ2) is 6.22. The van der Waals surface area contributed by atoms with Gasteiger partial charge in [-0.3, -0.25) is 9.59 Å². The topological polar surface area (TPSA) is 55.4 Å². The SMILES string of the molecule is COc1ccc(-c2cc(=O)c3cc(NC(C)=O)ccc3s2)cc1. The Hall–Kier alpha value is -2.66. The van der Waals surface area contributed by atoms with Gasteiger partial charge in [0.05, 0.1) is 7.11 Å². The molecule has 0 saturated carbocycles. The van der Waals surface area contributed by atoms with Crippen LogP contribution in [-0.2, 0) is 4.79 Å². The van der Waals surface area contributed by atoms with E-state index in [-0.39, 0.29) is 11.3 Å². The minimum absolute atomic E-state index is 0.0585. The molecule has 0 aliphatic heterocycles. The van der Waals surface area contributed by atoms with Gasteiger partial charge in [-0.15, -0.1) is 11.3 Å². The lowest BCUT2D eigenvalue weighted by molar-refractivity contribution is -0.114. The normalized spacial score (nSPS) is 10.5. The minimum atomic E-state index is -0.157. The van der Waals surface area contributed by atoms with Gasteiger partial charge in [0, 0.05) is 33.6 Å². The van der Waals surface area contributed by atoms with Gasteiger partial charge in [0.15, 0.2) is 5.43 Å². The fraction of sp³-hybridized carbons (Fsp3) is 0.111. The van der Waals surface area contributed by atoms with Gasteiger partial charge in [-0.1, -0.05) is 0 Å². The van der Waals surface area contributed by atoms with Crippen LogP contribution in [0.3, 0.4) is 0 Å². The number of amides is 1. The third-order valence-corrected chi connectivity index (χ3v) is 4.57. The van der Waals surface area contributed by atoms with Crippen LogP contribution in [0.15, 0.2) is 53.3 Å². The average molecular weight is 325 g/mol. The molecule has 116 valence electrons. The summed E-state index contributed by atoms with van der Waals surface area (Å²) in [6, 6.07) is 14.6. The zero-order chi connectivity index (χ0) is 16.4. The van der Waals surface area contributed by atoms with E-state index in [1.54, 1.807) is 36.6 Å². The van der Waals surface area contributed by atoms with Crippen LogP contribution in [0.25, 0.3) is 20.5 Å². The third kappa shape index (κ3) is 3.24. The van der Waals surface area contributed by atoms with Crippen molar-refractivity contribution in [2.45, 2.75) is 6.92 Å². The van der Waals surface area contributed by atoms with Gasteiger partial charge in [-0.25, -0.2) is 0 Å². The summed E-state index contributed by atoms with van der Waals surface area (Å²) in [5, 5.41) is 3.31. The van der Waals surface area contributed by atoms with E-state index in [4.69, 9.17) is 4.74 Å². The molecule has 0 aliphatic carbocycles. The number of hydrogen-bond donors (Lipinski definition) is 1. The van der Waals surface area contributed by atoms with Crippen LogP contribution in [0, 0.1) is 0 Å². The fourth-order valence-electron chi connectivity index (χ4n) is 2.33. The predicted molar refractivity (Wildman–Crippen MR) is 94.4 cm³/mol. The van der Waals surface area contributed by atoms with Crippen LogP contribution in [0.5, 0.6) is 5.75 Å². The van der Waals surface area contributed by atoms with E-state index in [1.807, 2.05) is 30.3 Å². The molecular weight excluding hydrogens is 310 g/mol. The van der Waals surface area contributed by atoms with Crippen molar-refractivity contribution < 1.29 is 9.53 Å². The molecule has 3 aromatic rings. The molecule has 0 atom stereocenters. The fourth-order valence-corrected chi connectivity index (χ4v) is 3.40. The quantitative estimate of drug-likeness (QED) is 0.794. The van der Waals surface area contributed by atoms with E-state index in [1.165, 1.54) is 6.92 Å². The largest absolute Gasteiger partial charge is 0.497 e. The Morgan fingerprint density at radius 3 is 2.48 bits per heavy atom. The van der Waals surface area contributed by atoms with Gasteiger partial charge in [-0.05, 0) is 48.0 Å². The number of carbonyl (C=O) groups excluding carboxylic acids is 1. The Kier molecular flexibility index (Phi) is 4.12. The Labute approximate surface area is 137 Å². The van der Waals surface area contributed by atoms with E-state index in [0.717, 1.165) is 20.9 Å². The van der Waals surface area contributed by atoms with Crippen molar-refractivity contribution in [3.8, 4) is 16.2 Å². The maximum atomic E-state index is 12.4. The van der Waals surface area contributed by atoms with E-state index >= 15 is 0 Å². The van der Waals surface area contributed by atoms with Gasteiger partial charge < -0.3 is 10.1 Å². The van der Waals surface area contributed by atoms with Crippen LogP contribution >= 0.6 is 11.3 Å². The summed E-state index contributed by atoms with van der Waals surface area (Å²) < 4.78 is 6.04. The van der Waals surface area contributed by atoms with Crippen LogP contribution in [0.2, 0.25) is 0 Å². The van der Waals surface area contributed by atoms with Crippen molar-refractivity contribution >= 4 is 33.0 Å². The van der Waals surface area contributed by atoms with Crippen LogP contribution in [0.1, 0.15) is 6.92 Å². The van der Waals surface area contributed by atoms with Crippen molar-refractivity contribution in [1.82, 2.24) is 0 Å².